The number of para-hydroxylation sites is 1. The van der Waals surface area contributed by atoms with Gasteiger partial charge in [-0.15, -0.1) is 0 Å². The van der Waals surface area contributed by atoms with E-state index in [0.29, 0.717) is 12.5 Å². The highest BCUT2D eigenvalue weighted by Crippen LogP contribution is 2.11. The molecular weight excluding hydrogens is 342 g/mol. The Bertz CT molecular complexity index is 883. The number of guanidine groups is 1. The van der Waals surface area contributed by atoms with E-state index in [1.807, 2.05) is 36.4 Å². The number of anilines is 1. The first-order chi connectivity index (χ1) is 13.3. The van der Waals surface area contributed by atoms with Crippen LogP contribution in [0, 0.1) is 0 Å². The van der Waals surface area contributed by atoms with E-state index in [4.69, 9.17) is 5.73 Å². The number of hydrogen-bond acceptors (Lipinski definition) is 6. The third-order valence-corrected chi connectivity index (χ3v) is 4.44. The average molecular weight is 363 g/mol. The van der Waals surface area contributed by atoms with Crippen molar-refractivity contribution in [2.75, 3.05) is 31.1 Å². The Labute approximate surface area is 157 Å². The maximum absolute atomic E-state index is 6.21. The van der Waals surface area contributed by atoms with Crippen LogP contribution in [0.3, 0.4) is 0 Å². The van der Waals surface area contributed by atoms with Crippen LogP contribution in [0.1, 0.15) is 5.82 Å². The van der Waals surface area contributed by atoms with Gasteiger partial charge in [-0.3, -0.25) is 0 Å². The molecule has 0 unspecified atom stereocenters. The van der Waals surface area contributed by atoms with Crippen molar-refractivity contribution in [1.29, 1.82) is 0 Å². The number of benzene rings is 1. The maximum atomic E-state index is 6.21. The lowest BCUT2D eigenvalue weighted by molar-refractivity contribution is 0.378. The van der Waals surface area contributed by atoms with Gasteiger partial charge < -0.3 is 15.5 Å². The van der Waals surface area contributed by atoms with E-state index < -0.39 is 0 Å². The van der Waals surface area contributed by atoms with E-state index in [1.165, 1.54) is 6.33 Å². The summed E-state index contributed by atoms with van der Waals surface area (Å²) in [6.07, 6.45) is 5.05. The van der Waals surface area contributed by atoms with E-state index in [0.717, 1.165) is 43.6 Å². The molecule has 2 N–H and O–H groups in total. The lowest BCUT2D eigenvalue weighted by atomic mass is 10.3. The summed E-state index contributed by atoms with van der Waals surface area (Å²) < 4.78 is 1.78. The quantitative estimate of drug-likeness (QED) is 0.538. The second-order valence-electron chi connectivity index (χ2n) is 6.12. The van der Waals surface area contributed by atoms with Crippen LogP contribution in [0.5, 0.6) is 0 Å². The molecule has 0 atom stereocenters. The number of hydrogen-bond donors (Lipinski definition) is 1. The maximum Gasteiger partial charge on any atom is 0.225 e. The smallest absolute Gasteiger partial charge is 0.225 e. The molecule has 0 aliphatic carbocycles. The molecular formula is C18H21N9. The van der Waals surface area contributed by atoms with Crippen LogP contribution in [0.25, 0.3) is 5.69 Å². The van der Waals surface area contributed by atoms with Gasteiger partial charge in [-0.2, -0.15) is 5.10 Å². The van der Waals surface area contributed by atoms with E-state index >= 15 is 0 Å². The highest BCUT2D eigenvalue weighted by Gasteiger charge is 2.20. The van der Waals surface area contributed by atoms with Gasteiger partial charge in [0.05, 0.1) is 5.69 Å². The van der Waals surface area contributed by atoms with Crippen LogP contribution in [0.4, 0.5) is 5.95 Å². The zero-order valence-corrected chi connectivity index (χ0v) is 14.9. The van der Waals surface area contributed by atoms with Gasteiger partial charge in [0.25, 0.3) is 0 Å². The van der Waals surface area contributed by atoms with Gasteiger partial charge in [0, 0.05) is 38.6 Å². The topological polar surface area (TPSA) is 101 Å². The summed E-state index contributed by atoms with van der Waals surface area (Å²) in [5.41, 5.74) is 7.16. The standard InChI is InChI=1S/C18H21N9/c19-17(25-9-11-26(12-10-25)18-20-7-4-8-21-18)22-13-16-23-14-24-27(16)15-5-2-1-3-6-15/h1-8,14H,9-13H2,(H2,19,22). The summed E-state index contributed by atoms with van der Waals surface area (Å²) in [6.45, 7) is 3.54. The Morgan fingerprint density at radius 2 is 1.70 bits per heavy atom. The van der Waals surface area contributed by atoms with E-state index in [2.05, 4.69) is 34.8 Å². The van der Waals surface area contributed by atoms with Crippen molar-refractivity contribution in [2.24, 2.45) is 10.7 Å². The Hall–Kier alpha value is -3.49. The summed E-state index contributed by atoms with van der Waals surface area (Å²) in [6, 6.07) is 11.7. The van der Waals surface area contributed by atoms with Crippen molar-refractivity contribution >= 4 is 11.9 Å². The Morgan fingerprint density at radius 1 is 0.963 bits per heavy atom. The largest absolute Gasteiger partial charge is 0.370 e. The summed E-state index contributed by atoms with van der Waals surface area (Å²) in [5, 5.41) is 4.28. The third kappa shape index (κ3) is 3.86. The number of nitrogens with two attached hydrogens (primary N) is 1. The van der Waals surface area contributed by atoms with Crippen LogP contribution < -0.4 is 10.6 Å². The van der Waals surface area contributed by atoms with Gasteiger partial charge in [0.1, 0.15) is 12.9 Å². The molecule has 9 heteroatoms. The lowest BCUT2D eigenvalue weighted by Gasteiger charge is -2.35. The van der Waals surface area contributed by atoms with Crippen molar-refractivity contribution in [1.82, 2.24) is 29.6 Å². The number of rotatable bonds is 4. The fraction of sp³-hybridized carbons (Fsp3) is 0.278. The molecule has 1 saturated heterocycles. The molecule has 0 amide bonds. The first-order valence-corrected chi connectivity index (χ1v) is 8.82. The Balaban J connectivity index is 1.38. The molecule has 1 fully saturated rings. The van der Waals surface area contributed by atoms with E-state index in [-0.39, 0.29) is 0 Å². The zero-order valence-electron chi connectivity index (χ0n) is 14.9. The predicted molar refractivity (Wildman–Crippen MR) is 103 cm³/mol. The van der Waals surface area contributed by atoms with Crippen molar-refractivity contribution < 1.29 is 0 Å². The van der Waals surface area contributed by atoms with Crippen molar-refractivity contribution in [2.45, 2.75) is 6.54 Å². The lowest BCUT2D eigenvalue weighted by Crippen LogP contribution is -2.51. The minimum atomic E-state index is 0.378. The molecule has 9 nitrogen and oxygen atoms in total. The molecule has 1 aliphatic rings. The fourth-order valence-corrected chi connectivity index (χ4v) is 3.00. The first kappa shape index (κ1) is 17.0. The molecule has 1 aliphatic heterocycles. The predicted octanol–water partition coefficient (Wildman–Crippen LogP) is 0.694. The summed E-state index contributed by atoms with van der Waals surface area (Å²) >= 11 is 0. The molecule has 2 aromatic heterocycles. The van der Waals surface area contributed by atoms with Gasteiger partial charge in [0.15, 0.2) is 11.8 Å². The minimum absolute atomic E-state index is 0.378. The number of piperazine rings is 1. The second-order valence-corrected chi connectivity index (χ2v) is 6.12. The van der Waals surface area contributed by atoms with E-state index in [1.54, 1.807) is 17.1 Å². The van der Waals surface area contributed by atoms with Gasteiger partial charge in [-0.1, -0.05) is 18.2 Å². The summed E-state index contributed by atoms with van der Waals surface area (Å²) in [7, 11) is 0. The molecule has 0 spiro atoms. The van der Waals surface area contributed by atoms with Crippen LogP contribution >= 0.6 is 0 Å². The van der Waals surface area contributed by atoms with Crippen LogP contribution in [0.15, 0.2) is 60.1 Å². The molecule has 0 radical (unpaired) electrons. The van der Waals surface area contributed by atoms with Crippen molar-refractivity contribution in [3.63, 3.8) is 0 Å². The zero-order chi connectivity index (χ0) is 18.5. The van der Waals surface area contributed by atoms with Gasteiger partial charge in [-0.05, 0) is 18.2 Å². The molecule has 0 bridgehead atoms. The van der Waals surface area contributed by atoms with Crippen molar-refractivity contribution in [3.8, 4) is 5.69 Å². The highest BCUT2D eigenvalue weighted by molar-refractivity contribution is 5.78. The van der Waals surface area contributed by atoms with Gasteiger partial charge in [-0.25, -0.2) is 24.6 Å². The monoisotopic (exact) mass is 363 g/mol. The van der Waals surface area contributed by atoms with E-state index in [9.17, 15) is 0 Å². The van der Waals surface area contributed by atoms with Gasteiger partial charge in [0.2, 0.25) is 5.95 Å². The Morgan fingerprint density at radius 3 is 2.44 bits per heavy atom. The van der Waals surface area contributed by atoms with Crippen LogP contribution in [-0.2, 0) is 6.54 Å². The molecule has 0 saturated carbocycles. The number of aromatic nitrogens is 5. The van der Waals surface area contributed by atoms with Crippen LogP contribution in [-0.4, -0.2) is 61.8 Å². The minimum Gasteiger partial charge on any atom is -0.370 e. The fourth-order valence-electron chi connectivity index (χ4n) is 3.00. The second kappa shape index (κ2) is 7.81. The molecule has 4 rings (SSSR count). The van der Waals surface area contributed by atoms with Crippen LogP contribution in [0.2, 0.25) is 0 Å². The molecule has 3 aromatic rings. The highest BCUT2D eigenvalue weighted by atomic mass is 15.4. The SMILES string of the molecule is NC(=NCc1ncnn1-c1ccccc1)N1CCN(c2ncccn2)CC1. The third-order valence-electron chi connectivity index (χ3n) is 4.44. The Kier molecular flexibility index (Phi) is 4.91. The van der Waals surface area contributed by atoms with Gasteiger partial charge >= 0.3 is 0 Å². The number of aliphatic imine (C=N–C) groups is 1. The normalized spacial score (nSPS) is 15.2. The summed E-state index contributed by atoms with van der Waals surface area (Å²) in [5.74, 6) is 2.02. The first-order valence-electron chi connectivity index (χ1n) is 8.82. The summed E-state index contributed by atoms with van der Waals surface area (Å²) in [4.78, 5) is 21.6. The molecule has 27 heavy (non-hydrogen) atoms. The molecule has 3 heterocycles. The number of nitrogens with zero attached hydrogens (tertiary/aromatic N) is 8. The van der Waals surface area contributed by atoms with Crippen molar-refractivity contribution in [3.05, 3.63) is 60.9 Å². The molecule has 138 valence electrons. The molecule has 1 aromatic carbocycles. The average Bonchev–Trinajstić information content (AvgIpc) is 3.22.